The molecule has 0 saturated carbocycles. The van der Waals surface area contributed by atoms with Gasteiger partial charge < -0.3 is 9.64 Å². The number of cyclic esters (lactones) is 1. The van der Waals surface area contributed by atoms with E-state index in [0.717, 1.165) is 4.90 Å². The molecule has 0 bridgehead atoms. The minimum Gasteiger partial charge on any atom is -0.439 e. The molecule has 24 heavy (non-hydrogen) atoms. The van der Waals surface area contributed by atoms with E-state index in [1.54, 1.807) is 22.4 Å². The topological polar surface area (TPSA) is 84.2 Å². The van der Waals surface area contributed by atoms with E-state index in [4.69, 9.17) is 4.74 Å². The third-order valence-electron chi connectivity index (χ3n) is 4.51. The zero-order valence-corrected chi connectivity index (χ0v) is 13.1. The fraction of sp³-hybridized carbons (Fsp3) is 0.375. The predicted octanol–water partition coefficient (Wildman–Crippen LogP) is 0.836. The molecule has 0 aromatic carbocycles. The van der Waals surface area contributed by atoms with Gasteiger partial charge in [0.05, 0.1) is 11.7 Å². The maximum Gasteiger partial charge on any atom is 0.417 e. The maximum atomic E-state index is 12.9. The highest BCUT2D eigenvalue weighted by molar-refractivity contribution is 5.99. The Balaban J connectivity index is 1.58. The summed E-state index contributed by atoms with van der Waals surface area (Å²) < 4.78 is 6.52. The molecule has 2 aromatic rings. The molecule has 2 aliphatic rings. The van der Waals surface area contributed by atoms with Crippen LogP contribution in [0, 0.1) is 6.92 Å². The van der Waals surface area contributed by atoms with Crippen molar-refractivity contribution in [2.75, 3.05) is 19.7 Å². The van der Waals surface area contributed by atoms with E-state index in [1.165, 1.54) is 0 Å². The summed E-state index contributed by atoms with van der Waals surface area (Å²) in [4.78, 5) is 43.5. The molecule has 3 amide bonds. The Morgan fingerprint density at radius 1 is 1.33 bits per heavy atom. The van der Waals surface area contributed by atoms with Gasteiger partial charge in [0.15, 0.2) is 6.61 Å². The molecule has 8 heteroatoms. The number of aryl methyl sites for hydroxylation is 1. The summed E-state index contributed by atoms with van der Waals surface area (Å²) in [5, 5.41) is 0. The van der Waals surface area contributed by atoms with E-state index in [0.29, 0.717) is 36.5 Å². The molecule has 0 aliphatic carbocycles. The van der Waals surface area contributed by atoms with Gasteiger partial charge in [0.25, 0.3) is 11.8 Å². The van der Waals surface area contributed by atoms with Gasteiger partial charge in [0.2, 0.25) is 0 Å². The van der Waals surface area contributed by atoms with E-state index in [2.05, 4.69) is 4.98 Å². The lowest BCUT2D eigenvalue weighted by molar-refractivity contribution is -0.127. The Morgan fingerprint density at radius 2 is 2.17 bits per heavy atom. The lowest BCUT2D eigenvalue weighted by Crippen LogP contribution is -2.42. The average Bonchev–Trinajstić information content (AvgIpc) is 3.24. The normalized spacial score (nSPS) is 21.0. The van der Waals surface area contributed by atoms with Crippen LogP contribution in [-0.4, -0.2) is 62.8 Å². The van der Waals surface area contributed by atoms with Gasteiger partial charge in [-0.2, -0.15) is 0 Å². The van der Waals surface area contributed by atoms with Crippen molar-refractivity contribution in [1.82, 2.24) is 19.2 Å². The van der Waals surface area contributed by atoms with Crippen molar-refractivity contribution in [1.29, 1.82) is 0 Å². The van der Waals surface area contributed by atoms with Crippen LogP contribution in [0.1, 0.15) is 22.6 Å². The Kier molecular flexibility index (Phi) is 3.26. The van der Waals surface area contributed by atoms with Crippen LogP contribution in [0.4, 0.5) is 4.79 Å². The largest absolute Gasteiger partial charge is 0.439 e. The number of carbonyl (C=O) groups excluding carboxylic acids is 3. The lowest BCUT2D eigenvalue weighted by atomic mass is 10.2. The van der Waals surface area contributed by atoms with E-state index >= 15 is 0 Å². The smallest absolute Gasteiger partial charge is 0.417 e. The minimum atomic E-state index is -0.620. The summed E-state index contributed by atoms with van der Waals surface area (Å²) in [5.41, 5.74) is 1.89. The summed E-state index contributed by atoms with van der Waals surface area (Å²) in [6.07, 6.45) is 1.74. The van der Waals surface area contributed by atoms with Crippen LogP contribution in [-0.2, 0) is 9.53 Å². The van der Waals surface area contributed by atoms with Crippen LogP contribution >= 0.6 is 0 Å². The number of nitrogens with zero attached hydrogens (tertiary/aromatic N) is 4. The Morgan fingerprint density at radius 3 is 2.92 bits per heavy atom. The second-order valence-electron chi connectivity index (χ2n) is 5.99. The van der Waals surface area contributed by atoms with Crippen LogP contribution in [0.25, 0.3) is 5.65 Å². The Hall–Kier alpha value is -2.90. The fourth-order valence-electron chi connectivity index (χ4n) is 3.38. The van der Waals surface area contributed by atoms with Gasteiger partial charge in [-0.3, -0.25) is 14.0 Å². The molecule has 2 saturated heterocycles. The molecule has 1 atom stereocenters. The molecule has 0 radical (unpaired) electrons. The predicted molar refractivity (Wildman–Crippen MR) is 82.4 cm³/mol. The molecule has 4 heterocycles. The van der Waals surface area contributed by atoms with Crippen LogP contribution in [0.2, 0.25) is 0 Å². The molecule has 2 aromatic heterocycles. The number of amides is 3. The molecular weight excluding hydrogens is 312 g/mol. The summed E-state index contributed by atoms with van der Waals surface area (Å²) in [5.74, 6) is -0.487. The first-order valence-corrected chi connectivity index (χ1v) is 7.78. The number of ether oxygens (including phenoxy) is 1. The second kappa shape index (κ2) is 5.33. The van der Waals surface area contributed by atoms with E-state index < -0.39 is 6.09 Å². The number of hydrogen-bond acceptors (Lipinski definition) is 5. The Labute approximate surface area is 137 Å². The maximum absolute atomic E-state index is 12.9. The van der Waals surface area contributed by atoms with Crippen molar-refractivity contribution >= 4 is 23.6 Å². The number of fused-ring (bicyclic) bond motifs is 1. The first kappa shape index (κ1) is 14.7. The monoisotopic (exact) mass is 328 g/mol. The van der Waals surface area contributed by atoms with Gasteiger partial charge in [0, 0.05) is 19.3 Å². The first-order chi connectivity index (χ1) is 11.6. The molecule has 124 valence electrons. The zero-order chi connectivity index (χ0) is 16.8. The van der Waals surface area contributed by atoms with Gasteiger partial charge in [-0.1, -0.05) is 6.07 Å². The number of carbonyl (C=O) groups is 3. The quantitative estimate of drug-likeness (QED) is 0.815. The van der Waals surface area contributed by atoms with Crippen LogP contribution in [0.5, 0.6) is 0 Å². The molecule has 2 aliphatic heterocycles. The Bertz CT molecular complexity index is 843. The molecule has 1 unspecified atom stereocenters. The number of imidazole rings is 1. The van der Waals surface area contributed by atoms with Crippen molar-refractivity contribution in [3.63, 3.8) is 0 Å². The van der Waals surface area contributed by atoms with Gasteiger partial charge in [-0.15, -0.1) is 0 Å². The molecule has 4 rings (SSSR count). The van der Waals surface area contributed by atoms with E-state index in [9.17, 15) is 14.4 Å². The standard InChI is InChI=1S/C16H16N4O4/c1-10-14(19-6-3-2-4-12(19)17-10)15(22)18-7-5-11(8-18)20-13(21)9-24-16(20)23/h2-4,6,11H,5,7-9H2,1H3. The van der Waals surface area contributed by atoms with Crippen molar-refractivity contribution < 1.29 is 19.1 Å². The lowest BCUT2D eigenvalue weighted by Gasteiger charge is -2.20. The number of aromatic nitrogens is 2. The van der Waals surface area contributed by atoms with E-state index in [1.807, 2.05) is 18.2 Å². The summed E-state index contributed by atoms with van der Waals surface area (Å²) >= 11 is 0. The molecule has 2 fully saturated rings. The fourth-order valence-corrected chi connectivity index (χ4v) is 3.38. The summed E-state index contributed by atoms with van der Waals surface area (Å²) in [6.45, 7) is 2.39. The number of rotatable bonds is 2. The highest BCUT2D eigenvalue weighted by atomic mass is 16.6. The van der Waals surface area contributed by atoms with Crippen molar-refractivity contribution in [2.24, 2.45) is 0 Å². The third kappa shape index (κ3) is 2.14. The summed E-state index contributed by atoms with van der Waals surface area (Å²) in [7, 11) is 0. The molecular formula is C16H16N4O4. The first-order valence-electron chi connectivity index (χ1n) is 7.78. The average molecular weight is 328 g/mol. The van der Waals surface area contributed by atoms with Gasteiger partial charge in [0.1, 0.15) is 11.3 Å². The highest BCUT2D eigenvalue weighted by Crippen LogP contribution is 2.23. The molecule has 8 nitrogen and oxygen atoms in total. The van der Waals surface area contributed by atoms with Crippen molar-refractivity contribution in [2.45, 2.75) is 19.4 Å². The van der Waals surface area contributed by atoms with Crippen molar-refractivity contribution in [3.8, 4) is 0 Å². The van der Waals surface area contributed by atoms with Gasteiger partial charge >= 0.3 is 6.09 Å². The molecule has 0 N–H and O–H groups in total. The molecule has 0 spiro atoms. The van der Waals surface area contributed by atoms with Gasteiger partial charge in [-0.05, 0) is 25.5 Å². The number of pyridine rings is 1. The van der Waals surface area contributed by atoms with Crippen LogP contribution in [0.15, 0.2) is 24.4 Å². The SMILES string of the molecule is Cc1nc2ccccn2c1C(=O)N1CCC(N2C(=O)COC2=O)C1. The number of hydrogen-bond donors (Lipinski definition) is 0. The second-order valence-corrected chi connectivity index (χ2v) is 5.99. The van der Waals surface area contributed by atoms with Crippen molar-refractivity contribution in [3.05, 3.63) is 35.8 Å². The highest BCUT2D eigenvalue weighted by Gasteiger charge is 2.41. The summed E-state index contributed by atoms with van der Waals surface area (Å²) in [6, 6.07) is 5.23. The number of likely N-dealkylation sites (tertiary alicyclic amines) is 1. The number of imide groups is 1. The van der Waals surface area contributed by atoms with E-state index in [-0.39, 0.29) is 24.5 Å². The van der Waals surface area contributed by atoms with Gasteiger partial charge in [-0.25, -0.2) is 14.7 Å². The van der Waals surface area contributed by atoms with Crippen LogP contribution in [0.3, 0.4) is 0 Å². The van der Waals surface area contributed by atoms with Crippen LogP contribution < -0.4 is 0 Å². The zero-order valence-electron chi connectivity index (χ0n) is 13.1. The third-order valence-corrected chi connectivity index (χ3v) is 4.51. The minimum absolute atomic E-state index is 0.145.